The Bertz CT molecular complexity index is 600. The van der Waals surface area contributed by atoms with Crippen LogP contribution in [-0.4, -0.2) is 15.5 Å². The minimum Gasteiger partial charge on any atom is -0.591 e. The first-order valence-corrected chi connectivity index (χ1v) is 7.65. The molecule has 0 saturated carbocycles. The number of halogens is 3. The second-order valence-corrected chi connectivity index (χ2v) is 7.72. The molecule has 0 aliphatic heterocycles. The zero-order valence-corrected chi connectivity index (χ0v) is 13.5. The molecule has 0 bridgehead atoms. The summed E-state index contributed by atoms with van der Waals surface area (Å²) in [5.74, 6) is -0.712. The predicted octanol–water partition coefficient (Wildman–Crippen LogP) is 4.21. The summed E-state index contributed by atoms with van der Waals surface area (Å²) < 4.78 is 54.7. The van der Waals surface area contributed by atoms with Gasteiger partial charge in [-0.05, 0) is 32.4 Å². The summed E-state index contributed by atoms with van der Waals surface area (Å²) in [7, 11) is 0. The maximum atomic E-state index is 13.2. The summed E-state index contributed by atoms with van der Waals surface area (Å²) in [5, 5.41) is 8.88. The van der Waals surface area contributed by atoms with E-state index in [1.165, 1.54) is 25.3 Å². The predicted molar refractivity (Wildman–Crippen MR) is 81.0 cm³/mol. The van der Waals surface area contributed by atoms with Crippen LogP contribution in [0.3, 0.4) is 0 Å². The molecule has 1 aromatic carbocycles. The van der Waals surface area contributed by atoms with E-state index in [-0.39, 0.29) is 5.56 Å². The van der Waals surface area contributed by atoms with Gasteiger partial charge in [-0.15, -0.1) is 0 Å². The lowest BCUT2D eigenvalue weighted by Crippen LogP contribution is -2.26. The molecular formula is C15H17F3N2OS. The van der Waals surface area contributed by atoms with Crippen LogP contribution in [0.25, 0.3) is 0 Å². The lowest BCUT2D eigenvalue weighted by Gasteiger charge is -2.19. The summed E-state index contributed by atoms with van der Waals surface area (Å²) in [6, 6.07) is 5.39. The summed E-state index contributed by atoms with van der Waals surface area (Å²) in [5.41, 5.74) is -1.44. The minimum absolute atomic E-state index is 0.0544. The molecule has 0 aliphatic carbocycles. The fraction of sp³-hybridized carbons (Fsp3) is 0.467. The first kappa shape index (κ1) is 18.5. The van der Waals surface area contributed by atoms with Crippen LogP contribution in [0, 0.1) is 11.3 Å². The van der Waals surface area contributed by atoms with Crippen LogP contribution in [0.2, 0.25) is 0 Å². The van der Waals surface area contributed by atoms with E-state index >= 15 is 0 Å². The van der Waals surface area contributed by atoms with Crippen LogP contribution in [0.1, 0.15) is 50.3 Å². The van der Waals surface area contributed by atoms with Gasteiger partial charge in [0.1, 0.15) is 16.1 Å². The lowest BCUT2D eigenvalue weighted by molar-refractivity contribution is -0.138. The van der Waals surface area contributed by atoms with E-state index in [9.17, 15) is 17.7 Å². The number of nitriles is 1. The van der Waals surface area contributed by atoms with Gasteiger partial charge in [0.15, 0.2) is 0 Å². The molecule has 0 aliphatic rings. The molecule has 0 heterocycles. The Hall–Kier alpha value is -1.52. The monoisotopic (exact) mass is 330 g/mol. The van der Waals surface area contributed by atoms with Gasteiger partial charge in [-0.1, -0.05) is 23.5 Å². The van der Waals surface area contributed by atoms with Crippen molar-refractivity contribution < 1.29 is 17.7 Å². The number of nitrogens with zero attached hydrogens (tertiary/aromatic N) is 2. The SMILES string of the molecule is CC(C=N[S+]([O-])C(C)(C)C)c1cccc(C#N)c1C(F)(F)F. The van der Waals surface area contributed by atoms with E-state index in [1.807, 2.05) is 0 Å². The average molecular weight is 330 g/mol. The van der Waals surface area contributed by atoms with Crippen molar-refractivity contribution in [3.63, 3.8) is 0 Å². The molecule has 0 amide bonds. The highest BCUT2D eigenvalue weighted by molar-refractivity contribution is 7.91. The van der Waals surface area contributed by atoms with Crippen LogP contribution in [0.5, 0.6) is 0 Å². The number of alkyl halides is 3. The van der Waals surface area contributed by atoms with Crippen LogP contribution in [-0.2, 0) is 17.5 Å². The molecular weight excluding hydrogens is 313 g/mol. The molecule has 2 unspecified atom stereocenters. The van der Waals surface area contributed by atoms with Gasteiger partial charge in [-0.2, -0.15) is 18.4 Å². The summed E-state index contributed by atoms with van der Waals surface area (Å²) in [4.78, 5) is 0. The molecule has 22 heavy (non-hydrogen) atoms. The maximum absolute atomic E-state index is 13.2. The van der Waals surface area contributed by atoms with Crippen LogP contribution >= 0.6 is 0 Å². The van der Waals surface area contributed by atoms with Gasteiger partial charge >= 0.3 is 6.18 Å². The summed E-state index contributed by atoms with van der Waals surface area (Å²) in [6.45, 7) is 6.70. The van der Waals surface area contributed by atoms with Crippen molar-refractivity contribution in [2.75, 3.05) is 0 Å². The topological polar surface area (TPSA) is 59.2 Å². The van der Waals surface area contributed by atoms with Gasteiger partial charge < -0.3 is 4.55 Å². The Morgan fingerprint density at radius 2 is 1.91 bits per heavy atom. The van der Waals surface area contributed by atoms with Gasteiger partial charge in [0.2, 0.25) is 0 Å². The van der Waals surface area contributed by atoms with E-state index in [1.54, 1.807) is 26.8 Å². The summed E-state index contributed by atoms with van der Waals surface area (Å²) in [6.07, 6.45) is -3.39. The highest BCUT2D eigenvalue weighted by atomic mass is 32.2. The lowest BCUT2D eigenvalue weighted by atomic mass is 9.93. The van der Waals surface area contributed by atoms with Crippen molar-refractivity contribution >= 4 is 17.6 Å². The second-order valence-electron chi connectivity index (χ2n) is 5.78. The van der Waals surface area contributed by atoms with Crippen LogP contribution in [0.15, 0.2) is 22.6 Å². The molecule has 1 aromatic rings. The third-order valence-electron chi connectivity index (χ3n) is 2.90. The Kier molecular flexibility index (Phi) is 5.65. The molecule has 0 N–H and O–H groups in total. The third kappa shape index (κ3) is 4.49. The number of rotatable bonds is 3. The minimum atomic E-state index is -4.63. The van der Waals surface area contributed by atoms with Gasteiger partial charge in [0.05, 0.1) is 23.4 Å². The van der Waals surface area contributed by atoms with Crippen molar-refractivity contribution in [2.24, 2.45) is 4.40 Å². The molecule has 1 rings (SSSR count). The van der Waals surface area contributed by atoms with Crippen molar-refractivity contribution in [3.05, 3.63) is 34.9 Å². The molecule has 3 nitrogen and oxygen atoms in total. The van der Waals surface area contributed by atoms with Gasteiger partial charge in [0.25, 0.3) is 0 Å². The normalized spacial score (nSPS) is 15.6. The Balaban J connectivity index is 3.23. The Labute approximate surface area is 131 Å². The van der Waals surface area contributed by atoms with Crippen molar-refractivity contribution in [2.45, 2.75) is 44.5 Å². The van der Waals surface area contributed by atoms with E-state index in [0.29, 0.717) is 0 Å². The highest BCUT2D eigenvalue weighted by Crippen LogP contribution is 2.37. The first-order valence-electron chi connectivity index (χ1n) is 6.55. The molecule has 7 heteroatoms. The van der Waals surface area contributed by atoms with E-state index in [2.05, 4.69) is 4.40 Å². The molecule has 0 radical (unpaired) electrons. The quantitative estimate of drug-likeness (QED) is 0.615. The van der Waals surface area contributed by atoms with E-state index < -0.39 is 39.3 Å². The molecule has 120 valence electrons. The van der Waals surface area contributed by atoms with Gasteiger partial charge in [-0.25, -0.2) is 0 Å². The fourth-order valence-electron chi connectivity index (χ4n) is 1.74. The average Bonchev–Trinajstić information content (AvgIpc) is 2.41. The second kappa shape index (κ2) is 6.71. The van der Waals surface area contributed by atoms with Crippen LogP contribution < -0.4 is 0 Å². The zero-order chi connectivity index (χ0) is 17.1. The molecule has 0 aromatic heterocycles. The third-order valence-corrected chi connectivity index (χ3v) is 4.26. The molecule has 2 atom stereocenters. The van der Waals surface area contributed by atoms with Gasteiger partial charge in [0, 0.05) is 5.92 Å². The zero-order valence-electron chi connectivity index (χ0n) is 12.7. The molecule has 0 fully saturated rings. The van der Waals surface area contributed by atoms with E-state index in [4.69, 9.17) is 5.26 Å². The smallest absolute Gasteiger partial charge is 0.417 e. The van der Waals surface area contributed by atoms with E-state index in [0.717, 1.165) is 6.07 Å². The van der Waals surface area contributed by atoms with Gasteiger partial charge in [-0.3, -0.25) is 0 Å². The fourth-order valence-corrected chi connectivity index (χ4v) is 2.35. The van der Waals surface area contributed by atoms with Crippen molar-refractivity contribution in [1.82, 2.24) is 0 Å². The highest BCUT2D eigenvalue weighted by Gasteiger charge is 2.37. The standard InChI is InChI=1S/C15H17F3N2OS/c1-10(9-20-22(21)14(2,3)4)12-7-5-6-11(8-19)13(12)15(16,17)18/h5-7,9-10H,1-4H3. The number of hydrogen-bond acceptors (Lipinski definition) is 3. The first-order chi connectivity index (χ1) is 9.98. The Morgan fingerprint density at radius 3 is 2.36 bits per heavy atom. The number of hydrogen-bond donors (Lipinski definition) is 0. The molecule has 0 spiro atoms. The van der Waals surface area contributed by atoms with Crippen molar-refractivity contribution in [1.29, 1.82) is 5.26 Å². The van der Waals surface area contributed by atoms with Crippen molar-refractivity contribution in [3.8, 4) is 6.07 Å². The Morgan fingerprint density at radius 1 is 1.32 bits per heavy atom. The summed E-state index contributed by atoms with van der Waals surface area (Å²) >= 11 is -1.54. The molecule has 0 saturated heterocycles. The number of benzene rings is 1. The largest absolute Gasteiger partial charge is 0.591 e. The maximum Gasteiger partial charge on any atom is 0.417 e. The van der Waals surface area contributed by atoms with Crippen LogP contribution in [0.4, 0.5) is 13.2 Å².